The van der Waals surface area contributed by atoms with Crippen LogP contribution in [0.5, 0.6) is 0 Å². The minimum Gasteiger partial charge on any atom is -0.321 e. The van der Waals surface area contributed by atoms with Crippen LogP contribution in [0.1, 0.15) is 10.4 Å². The topological polar surface area (TPSA) is 70.7 Å². The highest BCUT2D eigenvalue weighted by Gasteiger charge is 2.09. The van der Waals surface area contributed by atoms with Crippen molar-refractivity contribution in [3.8, 4) is 0 Å². The van der Waals surface area contributed by atoms with Crippen molar-refractivity contribution in [2.24, 2.45) is 0 Å². The Morgan fingerprint density at radius 2 is 1.89 bits per heavy atom. The van der Waals surface area contributed by atoms with Crippen molar-refractivity contribution in [1.82, 2.24) is 15.4 Å². The predicted octanol–water partition coefficient (Wildman–Crippen LogP) is 2.97. The first-order valence-corrected chi connectivity index (χ1v) is 6.40. The molecular formula is C13H9BrN4O. The van der Waals surface area contributed by atoms with Crippen LogP contribution in [-0.4, -0.2) is 21.3 Å². The number of nitrogens with zero attached hydrogens (tertiary/aromatic N) is 2. The molecule has 1 aromatic heterocycles. The van der Waals surface area contributed by atoms with E-state index < -0.39 is 0 Å². The Bertz CT molecular complexity index is 753. The number of aromatic amines is 1. The highest BCUT2D eigenvalue weighted by molar-refractivity contribution is 9.10. The maximum absolute atomic E-state index is 12.1. The molecule has 0 atom stereocenters. The van der Waals surface area contributed by atoms with Crippen LogP contribution in [0.15, 0.2) is 46.9 Å². The molecule has 0 bridgehead atoms. The summed E-state index contributed by atoms with van der Waals surface area (Å²) in [6, 6.07) is 12.6. The molecule has 1 heterocycles. The van der Waals surface area contributed by atoms with Crippen molar-refractivity contribution in [1.29, 1.82) is 0 Å². The fourth-order valence-electron chi connectivity index (χ4n) is 1.74. The summed E-state index contributed by atoms with van der Waals surface area (Å²) in [5.74, 6) is -0.184. The number of carbonyl (C=O) groups excluding carboxylic acids is 1. The Hall–Kier alpha value is -2.21. The zero-order valence-corrected chi connectivity index (χ0v) is 11.3. The minimum absolute atomic E-state index is 0.184. The number of H-pyrrole nitrogens is 1. The smallest absolute Gasteiger partial charge is 0.255 e. The fourth-order valence-corrected chi connectivity index (χ4v) is 2.12. The van der Waals surface area contributed by atoms with Crippen molar-refractivity contribution in [2.75, 3.05) is 5.32 Å². The highest BCUT2D eigenvalue weighted by Crippen LogP contribution is 2.22. The second-order valence-electron chi connectivity index (χ2n) is 3.96. The molecule has 0 aliphatic rings. The lowest BCUT2D eigenvalue weighted by molar-refractivity contribution is 0.102. The average Bonchev–Trinajstić information content (AvgIpc) is 2.88. The minimum atomic E-state index is -0.184. The van der Waals surface area contributed by atoms with Gasteiger partial charge >= 0.3 is 0 Å². The van der Waals surface area contributed by atoms with Gasteiger partial charge in [-0.05, 0) is 46.3 Å². The normalized spacial score (nSPS) is 10.6. The molecule has 6 heteroatoms. The molecule has 0 aliphatic carbocycles. The first kappa shape index (κ1) is 11.9. The molecule has 0 unspecified atom stereocenters. The summed E-state index contributed by atoms with van der Waals surface area (Å²) in [4.78, 5) is 12.1. The zero-order chi connectivity index (χ0) is 13.2. The number of anilines is 1. The zero-order valence-electron chi connectivity index (χ0n) is 9.72. The van der Waals surface area contributed by atoms with E-state index in [1.54, 1.807) is 18.2 Å². The van der Waals surface area contributed by atoms with Crippen LogP contribution in [0, 0.1) is 0 Å². The van der Waals surface area contributed by atoms with Gasteiger partial charge < -0.3 is 5.32 Å². The van der Waals surface area contributed by atoms with Crippen LogP contribution < -0.4 is 5.32 Å². The van der Waals surface area contributed by atoms with Gasteiger partial charge in [0.2, 0.25) is 0 Å². The number of rotatable bonds is 2. The van der Waals surface area contributed by atoms with Crippen LogP contribution in [0.4, 0.5) is 5.69 Å². The lowest BCUT2D eigenvalue weighted by Crippen LogP contribution is -2.12. The lowest BCUT2D eigenvalue weighted by atomic mass is 10.2. The Balaban J connectivity index is 1.89. The summed E-state index contributed by atoms with van der Waals surface area (Å²) in [6.07, 6.45) is 0. The Kier molecular flexibility index (Phi) is 3.00. The number of aromatic nitrogens is 3. The summed E-state index contributed by atoms with van der Waals surface area (Å²) in [7, 11) is 0. The number of benzene rings is 2. The molecule has 0 saturated heterocycles. The molecule has 0 saturated carbocycles. The highest BCUT2D eigenvalue weighted by atomic mass is 79.9. The van der Waals surface area contributed by atoms with Gasteiger partial charge in [0, 0.05) is 10.0 Å². The molecule has 2 N–H and O–H groups in total. The van der Waals surface area contributed by atoms with Gasteiger partial charge in [-0.15, -0.1) is 0 Å². The number of hydrogen-bond acceptors (Lipinski definition) is 3. The summed E-state index contributed by atoms with van der Waals surface area (Å²) >= 11 is 3.39. The van der Waals surface area contributed by atoms with Crippen molar-refractivity contribution in [3.63, 3.8) is 0 Å². The van der Waals surface area contributed by atoms with E-state index in [1.807, 2.05) is 24.3 Å². The summed E-state index contributed by atoms with van der Waals surface area (Å²) < 4.78 is 0.839. The molecule has 2 aromatic carbocycles. The van der Waals surface area contributed by atoms with E-state index in [1.165, 1.54) is 0 Å². The first-order valence-electron chi connectivity index (χ1n) is 5.60. The Morgan fingerprint density at radius 3 is 2.74 bits per heavy atom. The number of hydrogen-bond donors (Lipinski definition) is 2. The average molecular weight is 317 g/mol. The Labute approximate surface area is 117 Å². The van der Waals surface area contributed by atoms with Crippen LogP contribution >= 0.6 is 15.9 Å². The monoisotopic (exact) mass is 316 g/mol. The molecule has 0 spiro atoms. The second kappa shape index (κ2) is 4.81. The van der Waals surface area contributed by atoms with E-state index in [4.69, 9.17) is 0 Å². The third-order valence-corrected chi connectivity index (χ3v) is 3.39. The molecule has 3 aromatic rings. The first-order chi connectivity index (χ1) is 9.24. The molecule has 0 radical (unpaired) electrons. The summed E-state index contributed by atoms with van der Waals surface area (Å²) in [5.41, 5.74) is 2.67. The third-order valence-electron chi connectivity index (χ3n) is 2.70. The lowest BCUT2D eigenvalue weighted by Gasteiger charge is -2.06. The van der Waals surface area contributed by atoms with Crippen LogP contribution in [0.2, 0.25) is 0 Å². The van der Waals surface area contributed by atoms with Crippen molar-refractivity contribution in [2.45, 2.75) is 0 Å². The van der Waals surface area contributed by atoms with Crippen LogP contribution in [-0.2, 0) is 0 Å². The van der Waals surface area contributed by atoms with Crippen molar-refractivity contribution < 1.29 is 4.79 Å². The van der Waals surface area contributed by atoms with E-state index in [9.17, 15) is 4.79 Å². The van der Waals surface area contributed by atoms with Gasteiger partial charge in [-0.1, -0.05) is 12.1 Å². The molecule has 0 aliphatic heterocycles. The van der Waals surface area contributed by atoms with Gasteiger partial charge in [-0.3, -0.25) is 4.79 Å². The van der Waals surface area contributed by atoms with E-state index in [-0.39, 0.29) is 5.91 Å². The fraction of sp³-hybridized carbons (Fsp3) is 0. The second-order valence-corrected chi connectivity index (χ2v) is 4.82. The van der Waals surface area contributed by atoms with Gasteiger partial charge in [0.05, 0.1) is 5.69 Å². The van der Waals surface area contributed by atoms with Crippen molar-refractivity contribution in [3.05, 3.63) is 52.5 Å². The predicted molar refractivity (Wildman–Crippen MR) is 76.0 cm³/mol. The number of amides is 1. The number of carbonyl (C=O) groups is 1. The molecular weight excluding hydrogens is 308 g/mol. The molecule has 1 amide bonds. The molecule has 5 nitrogen and oxygen atoms in total. The number of halogens is 1. The van der Waals surface area contributed by atoms with Gasteiger partial charge in [-0.25, -0.2) is 0 Å². The van der Waals surface area contributed by atoms with Crippen molar-refractivity contribution >= 4 is 38.6 Å². The molecule has 19 heavy (non-hydrogen) atoms. The molecule has 0 fully saturated rings. The maximum atomic E-state index is 12.1. The number of fused-ring (bicyclic) bond motifs is 1. The van der Waals surface area contributed by atoms with E-state index in [0.29, 0.717) is 11.1 Å². The summed E-state index contributed by atoms with van der Waals surface area (Å²) in [5, 5.41) is 13.3. The molecule has 3 rings (SSSR count). The van der Waals surface area contributed by atoms with E-state index >= 15 is 0 Å². The maximum Gasteiger partial charge on any atom is 0.255 e. The van der Waals surface area contributed by atoms with Gasteiger partial charge in [0.1, 0.15) is 11.0 Å². The summed E-state index contributed by atoms with van der Waals surface area (Å²) in [6.45, 7) is 0. The van der Waals surface area contributed by atoms with E-state index in [0.717, 1.165) is 15.7 Å². The third kappa shape index (κ3) is 2.34. The molecule has 94 valence electrons. The quantitative estimate of drug-likeness (QED) is 0.763. The standard InChI is InChI=1S/C13H9BrN4O/c14-9-3-1-2-4-10(9)15-13(19)8-5-6-11-12(7-8)17-18-16-11/h1-7H,(H,15,19)(H,16,17,18). The largest absolute Gasteiger partial charge is 0.321 e. The number of para-hydroxylation sites is 1. The number of nitrogens with one attached hydrogen (secondary N) is 2. The van der Waals surface area contributed by atoms with E-state index in [2.05, 4.69) is 36.7 Å². The van der Waals surface area contributed by atoms with Gasteiger partial charge in [0.15, 0.2) is 0 Å². The Morgan fingerprint density at radius 1 is 1.11 bits per heavy atom. The van der Waals surface area contributed by atoms with Gasteiger partial charge in [-0.2, -0.15) is 15.4 Å². The van der Waals surface area contributed by atoms with Gasteiger partial charge in [0.25, 0.3) is 5.91 Å². The van der Waals surface area contributed by atoms with Crippen LogP contribution in [0.3, 0.4) is 0 Å². The SMILES string of the molecule is O=C(Nc1ccccc1Br)c1ccc2n[nH]nc2c1. The van der Waals surface area contributed by atoms with Crippen LogP contribution in [0.25, 0.3) is 11.0 Å².